The van der Waals surface area contributed by atoms with Crippen LogP contribution >= 0.6 is 0 Å². The highest BCUT2D eigenvalue weighted by Crippen LogP contribution is 2.30. The third-order valence-corrected chi connectivity index (χ3v) is 5.54. The molecule has 0 atom stereocenters. The Kier molecular flexibility index (Phi) is 4.51. The van der Waals surface area contributed by atoms with Crippen molar-refractivity contribution < 1.29 is 4.39 Å². The Morgan fingerprint density at radius 3 is 2.83 bits per heavy atom. The van der Waals surface area contributed by atoms with E-state index in [-0.39, 0.29) is 5.82 Å². The number of rotatable bonds is 5. The fourth-order valence-electron chi connectivity index (χ4n) is 4.15. The Balaban J connectivity index is 1.49. The second kappa shape index (κ2) is 7.32. The molecule has 0 saturated heterocycles. The van der Waals surface area contributed by atoms with Gasteiger partial charge in [-0.25, -0.2) is 9.37 Å². The number of aryl methyl sites for hydroxylation is 2. The molecule has 146 valence electrons. The standard InChI is InChI=1S/C24H23FN4/c1-16-5-2-6-17(13-16)11-12-26-24-20-9-4-10-21(20)27-23-15-22(28-29(23)24)18-7-3-8-19(25)14-18/h2-3,5-8,13-15,26H,4,9-12H2,1H3. The van der Waals surface area contributed by atoms with E-state index < -0.39 is 0 Å². The molecule has 1 aliphatic carbocycles. The SMILES string of the molecule is Cc1cccc(CCNc2c3c(nc4cc(-c5cccc(F)c5)nn24)CCC3)c1. The summed E-state index contributed by atoms with van der Waals surface area (Å²) in [7, 11) is 0. The number of hydrogen-bond donors (Lipinski definition) is 1. The maximum atomic E-state index is 13.7. The molecule has 5 heteroatoms. The van der Waals surface area contributed by atoms with Crippen LogP contribution in [0.3, 0.4) is 0 Å². The van der Waals surface area contributed by atoms with Crippen LogP contribution in [-0.2, 0) is 19.3 Å². The number of benzene rings is 2. The molecule has 2 aromatic carbocycles. The van der Waals surface area contributed by atoms with Crippen LogP contribution in [0.1, 0.15) is 28.8 Å². The smallest absolute Gasteiger partial charge is 0.158 e. The van der Waals surface area contributed by atoms with Crippen molar-refractivity contribution in [1.29, 1.82) is 0 Å². The van der Waals surface area contributed by atoms with Crippen LogP contribution in [0.25, 0.3) is 16.9 Å². The molecule has 2 aromatic heterocycles. The molecule has 0 amide bonds. The summed E-state index contributed by atoms with van der Waals surface area (Å²) in [6, 6.07) is 17.1. The zero-order chi connectivity index (χ0) is 19.8. The normalized spacial score (nSPS) is 13.0. The molecule has 1 aliphatic rings. The summed E-state index contributed by atoms with van der Waals surface area (Å²) < 4.78 is 15.6. The van der Waals surface area contributed by atoms with E-state index in [2.05, 4.69) is 36.5 Å². The van der Waals surface area contributed by atoms with E-state index in [4.69, 9.17) is 10.1 Å². The highest BCUT2D eigenvalue weighted by Gasteiger charge is 2.21. The van der Waals surface area contributed by atoms with Crippen molar-refractivity contribution in [1.82, 2.24) is 14.6 Å². The van der Waals surface area contributed by atoms with Crippen molar-refractivity contribution in [2.45, 2.75) is 32.6 Å². The molecule has 2 heterocycles. The molecule has 0 saturated carbocycles. The molecule has 5 rings (SSSR count). The average molecular weight is 386 g/mol. The molecule has 4 aromatic rings. The number of nitrogens with one attached hydrogen (secondary N) is 1. The molecule has 0 fully saturated rings. The number of hydrogen-bond acceptors (Lipinski definition) is 3. The fraction of sp³-hybridized carbons (Fsp3) is 0.250. The van der Waals surface area contributed by atoms with E-state index in [1.165, 1.54) is 28.8 Å². The Morgan fingerprint density at radius 1 is 1.07 bits per heavy atom. The van der Waals surface area contributed by atoms with Gasteiger partial charge in [0.05, 0.1) is 5.69 Å². The summed E-state index contributed by atoms with van der Waals surface area (Å²) in [6.45, 7) is 2.94. The first-order valence-corrected chi connectivity index (χ1v) is 10.1. The molecule has 0 radical (unpaired) electrons. The first-order chi connectivity index (χ1) is 14.2. The third kappa shape index (κ3) is 3.48. The first-order valence-electron chi connectivity index (χ1n) is 10.1. The van der Waals surface area contributed by atoms with Gasteiger partial charge in [0.25, 0.3) is 0 Å². The molecular formula is C24H23FN4. The van der Waals surface area contributed by atoms with Crippen molar-refractivity contribution in [2.75, 3.05) is 11.9 Å². The van der Waals surface area contributed by atoms with Crippen molar-refractivity contribution in [3.8, 4) is 11.3 Å². The summed E-state index contributed by atoms with van der Waals surface area (Å²) in [5.41, 5.74) is 7.32. The van der Waals surface area contributed by atoms with E-state index in [0.717, 1.165) is 60.6 Å². The lowest BCUT2D eigenvalue weighted by Gasteiger charge is -2.13. The van der Waals surface area contributed by atoms with Gasteiger partial charge in [0.1, 0.15) is 11.6 Å². The Morgan fingerprint density at radius 2 is 1.97 bits per heavy atom. The van der Waals surface area contributed by atoms with Gasteiger partial charge in [-0.05, 0) is 50.3 Å². The highest BCUT2D eigenvalue weighted by molar-refractivity contribution is 5.67. The topological polar surface area (TPSA) is 42.2 Å². The van der Waals surface area contributed by atoms with Gasteiger partial charge in [-0.3, -0.25) is 0 Å². The lowest BCUT2D eigenvalue weighted by atomic mass is 10.1. The van der Waals surface area contributed by atoms with E-state index in [9.17, 15) is 4.39 Å². The molecule has 0 spiro atoms. The predicted octanol–water partition coefficient (Wildman–Crippen LogP) is 4.99. The Labute approximate surface area is 169 Å². The van der Waals surface area contributed by atoms with Gasteiger partial charge in [-0.15, -0.1) is 0 Å². The molecule has 1 N–H and O–H groups in total. The number of aromatic nitrogens is 3. The molecule has 0 aliphatic heterocycles. The van der Waals surface area contributed by atoms with Crippen LogP contribution in [-0.4, -0.2) is 21.1 Å². The lowest BCUT2D eigenvalue weighted by Crippen LogP contribution is -2.12. The number of halogens is 1. The number of anilines is 1. The van der Waals surface area contributed by atoms with Gasteiger partial charge in [-0.2, -0.15) is 9.61 Å². The minimum absolute atomic E-state index is 0.258. The summed E-state index contributed by atoms with van der Waals surface area (Å²) in [5.74, 6) is 0.768. The van der Waals surface area contributed by atoms with Crippen LogP contribution in [0.2, 0.25) is 0 Å². The maximum Gasteiger partial charge on any atom is 0.158 e. The molecule has 29 heavy (non-hydrogen) atoms. The van der Waals surface area contributed by atoms with Gasteiger partial charge in [0.15, 0.2) is 5.65 Å². The summed E-state index contributed by atoms with van der Waals surface area (Å²) in [5, 5.41) is 8.38. The number of nitrogens with zero attached hydrogens (tertiary/aromatic N) is 3. The largest absolute Gasteiger partial charge is 0.369 e. The Hall–Kier alpha value is -3.21. The minimum atomic E-state index is -0.258. The van der Waals surface area contributed by atoms with Crippen molar-refractivity contribution >= 4 is 11.5 Å². The van der Waals surface area contributed by atoms with Crippen LogP contribution in [0.5, 0.6) is 0 Å². The van der Waals surface area contributed by atoms with Gasteiger partial charge < -0.3 is 5.32 Å². The average Bonchev–Trinajstić information content (AvgIpc) is 3.34. The van der Waals surface area contributed by atoms with Crippen LogP contribution in [0.15, 0.2) is 54.6 Å². The molecular weight excluding hydrogens is 363 g/mol. The summed E-state index contributed by atoms with van der Waals surface area (Å²) >= 11 is 0. The van der Waals surface area contributed by atoms with E-state index in [1.54, 1.807) is 6.07 Å². The third-order valence-electron chi connectivity index (χ3n) is 5.54. The zero-order valence-electron chi connectivity index (χ0n) is 16.5. The fourth-order valence-corrected chi connectivity index (χ4v) is 4.15. The predicted molar refractivity (Wildman–Crippen MR) is 114 cm³/mol. The second-order valence-electron chi connectivity index (χ2n) is 7.71. The van der Waals surface area contributed by atoms with E-state index in [1.807, 2.05) is 16.6 Å². The zero-order valence-corrected chi connectivity index (χ0v) is 16.5. The van der Waals surface area contributed by atoms with E-state index >= 15 is 0 Å². The van der Waals surface area contributed by atoms with E-state index in [0.29, 0.717) is 0 Å². The maximum absolute atomic E-state index is 13.7. The second-order valence-corrected chi connectivity index (χ2v) is 7.71. The van der Waals surface area contributed by atoms with Gasteiger partial charge in [-0.1, -0.05) is 42.0 Å². The quantitative estimate of drug-likeness (QED) is 0.526. The molecule has 4 nitrogen and oxygen atoms in total. The van der Waals surface area contributed by atoms with Gasteiger partial charge >= 0.3 is 0 Å². The minimum Gasteiger partial charge on any atom is -0.369 e. The van der Waals surface area contributed by atoms with Crippen LogP contribution < -0.4 is 5.32 Å². The van der Waals surface area contributed by atoms with Crippen molar-refractivity contribution in [3.05, 3.63) is 82.8 Å². The molecule has 0 unspecified atom stereocenters. The molecule has 0 bridgehead atoms. The van der Waals surface area contributed by atoms with Crippen LogP contribution in [0, 0.1) is 12.7 Å². The Bertz CT molecular complexity index is 1190. The monoisotopic (exact) mass is 386 g/mol. The first kappa shape index (κ1) is 17.9. The van der Waals surface area contributed by atoms with Gasteiger partial charge in [0.2, 0.25) is 0 Å². The van der Waals surface area contributed by atoms with Crippen molar-refractivity contribution in [2.24, 2.45) is 0 Å². The van der Waals surface area contributed by atoms with Crippen molar-refractivity contribution in [3.63, 3.8) is 0 Å². The van der Waals surface area contributed by atoms with Gasteiger partial charge in [0, 0.05) is 29.4 Å². The summed E-state index contributed by atoms with van der Waals surface area (Å²) in [4.78, 5) is 4.83. The summed E-state index contributed by atoms with van der Waals surface area (Å²) in [6.07, 6.45) is 4.08. The highest BCUT2D eigenvalue weighted by atomic mass is 19.1. The van der Waals surface area contributed by atoms with Crippen LogP contribution in [0.4, 0.5) is 10.2 Å². The lowest BCUT2D eigenvalue weighted by molar-refractivity contribution is 0.628. The number of fused-ring (bicyclic) bond motifs is 2.